The van der Waals surface area contributed by atoms with Crippen molar-refractivity contribution >= 4 is 5.91 Å². The first-order valence-corrected chi connectivity index (χ1v) is 4.77. The third kappa shape index (κ3) is 9.08. The fraction of sp³-hybridized carbons (Fsp3) is 0.700. The Bertz CT molecular complexity index is 155. The van der Waals surface area contributed by atoms with E-state index in [9.17, 15) is 4.79 Å². The average molecular weight is 184 g/mol. The third-order valence-electron chi connectivity index (χ3n) is 1.58. The first-order chi connectivity index (χ1) is 6.16. The summed E-state index contributed by atoms with van der Waals surface area (Å²) >= 11 is 0. The molecule has 0 radical (unpaired) electrons. The van der Waals surface area contributed by atoms with E-state index in [0.29, 0.717) is 19.0 Å². The van der Waals surface area contributed by atoms with Crippen molar-refractivity contribution in [2.75, 3.05) is 13.1 Å². The van der Waals surface area contributed by atoms with Crippen molar-refractivity contribution in [2.45, 2.75) is 32.7 Å². The van der Waals surface area contributed by atoms with Gasteiger partial charge in [-0.2, -0.15) is 0 Å². The standard InChI is InChI=1S/C10H20N2O/c1-4-5-7-12-10(13)6-8-11-9(2)3/h4,9,11H,1,5-8H2,2-3H3,(H,12,13). The molecule has 0 rings (SSSR count). The molecule has 0 aliphatic carbocycles. The molecular formula is C10H20N2O. The number of hydrogen-bond donors (Lipinski definition) is 2. The van der Waals surface area contributed by atoms with E-state index in [2.05, 4.69) is 31.1 Å². The smallest absolute Gasteiger partial charge is 0.221 e. The van der Waals surface area contributed by atoms with Crippen molar-refractivity contribution in [3.63, 3.8) is 0 Å². The predicted molar refractivity (Wildman–Crippen MR) is 55.6 cm³/mol. The molecule has 0 fully saturated rings. The highest BCUT2D eigenvalue weighted by Gasteiger charge is 1.99. The summed E-state index contributed by atoms with van der Waals surface area (Å²) in [6, 6.07) is 0.445. The van der Waals surface area contributed by atoms with Crippen molar-refractivity contribution in [1.29, 1.82) is 0 Å². The van der Waals surface area contributed by atoms with Crippen molar-refractivity contribution < 1.29 is 4.79 Å². The summed E-state index contributed by atoms with van der Waals surface area (Å²) in [5.74, 6) is 0.106. The van der Waals surface area contributed by atoms with Gasteiger partial charge in [-0.15, -0.1) is 6.58 Å². The molecule has 1 amide bonds. The topological polar surface area (TPSA) is 41.1 Å². The number of hydrogen-bond acceptors (Lipinski definition) is 2. The van der Waals surface area contributed by atoms with E-state index in [1.54, 1.807) is 6.08 Å². The molecule has 0 aliphatic rings. The fourth-order valence-electron chi connectivity index (χ4n) is 0.876. The van der Waals surface area contributed by atoms with Crippen LogP contribution < -0.4 is 10.6 Å². The molecule has 3 nitrogen and oxygen atoms in total. The average Bonchev–Trinajstić information content (AvgIpc) is 2.04. The quantitative estimate of drug-likeness (QED) is 0.459. The van der Waals surface area contributed by atoms with Crippen LogP contribution in [0.25, 0.3) is 0 Å². The Morgan fingerprint density at radius 1 is 1.46 bits per heavy atom. The van der Waals surface area contributed by atoms with Crippen LogP contribution in [0.15, 0.2) is 12.7 Å². The van der Waals surface area contributed by atoms with E-state index in [4.69, 9.17) is 0 Å². The minimum atomic E-state index is 0.106. The lowest BCUT2D eigenvalue weighted by molar-refractivity contribution is -0.120. The first kappa shape index (κ1) is 12.2. The zero-order valence-corrected chi connectivity index (χ0v) is 8.60. The van der Waals surface area contributed by atoms with Crippen LogP contribution in [0.3, 0.4) is 0 Å². The number of carbonyl (C=O) groups is 1. The van der Waals surface area contributed by atoms with E-state index < -0.39 is 0 Å². The van der Waals surface area contributed by atoms with E-state index in [0.717, 1.165) is 13.0 Å². The minimum absolute atomic E-state index is 0.106. The summed E-state index contributed by atoms with van der Waals surface area (Å²) in [6.07, 6.45) is 3.19. The van der Waals surface area contributed by atoms with Crippen molar-refractivity contribution in [3.05, 3.63) is 12.7 Å². The second-order valence-electron chi connectivity index (χ2n) is 3.29. The molecule has 0 aromatic heterocycles. The lowest BCUT2D eigenvalue weighted by Crippen LogP contribution is -2.30. The summed E-state index contributed by atoms with van der Waals surface area (Å²) in [5.41, 5.74) is 0. The molecule has 0 heterocycles. The van der Waals surface area contributed by atoms with Crippen LogP contribution >= 0.6 is 0 Å². The second-order valence-corrected chi connectivity index (χ2v) is 3.29. The molecule has 0 atom stereocenters. The molecule has 76 valence electrons. The van der Waals surface area contributed by atoms with Crippen molar-refractivity contribution in [2.24, 2.45) is 0 Å². The van der Waals surface area contributed by atoms with Gasteiger partial charge in [-0.3, -0.25) is 4.79 Å². The maximum absolute atomic E-state index is 11.1. The van der Waals surface area contributed by atoms with Gasteiger partial charge in [0.15, 0.2) is 0 Å². The summed E-state index contributed by atoms with van der Waals surface area (Å²) in [7, 11) is 0. The van der Waals surface area contributed by atoms with Crippen LogP contribution in [-0.4, -0.2) is 25.0 Å². The second kappa shape index (κ2) is 7.80. The van der Waals surface area contributed by atoms with Gasteiger partial charge >= 0.3 is 0 Å². The highest BCUT2D eigenvalue weighted by atomic mass is 16.1. The van der Waals surface area contributed by atoms with Crippen LogP contribution in [0.4, 0.5) is 0 Å². The van der Waals surface area contributed by atoms with Crippen LogP contribution in [0, 0.1) is 0 Å². The molecule has 0 bridgehead atoms. The Labute approximate surface area is 80.6 Å². The first-order valence-electron chi connectivity index (χ1n) is 4.77. The highest BCUT2D eigenvalue weighted by Crippen LogP contribution is 1.82. The van der Waals surface area contributed by atoms with Crippen molar-refractivity contribution in [1.82, 2.24) is 10.6 Å². The molecule has 0 aromatic rings. The number of carbonyl (C=O) groups excluding carboxylic acids is 1. The SMILES string of the molecule is C=CCCNC(=O)CCNC(C)C. The van der Waals surface area contributed by atoms with Crippen LogP contribution in [0.5, 0.6) is 0 Å². The largest absolute Gasteiger partial charge is 0.356 e. The molecule has 0 unspecified atom stereocenters. The van der Waals surface area contributed by atoms with Gasteiger partial charge in [-0.1, -0.05) is 19.9 Å². The van der Waals surface area contributed by atoms with Gasteiger partial charge in [0.05, 0.1) is 0 Å². The molecule has 0 spiro atoms. The number of rotatable bonds is 7. The van der Waals surface area contributed by atoms with Gasteiger partial charge in [0.25, 0.3) is 0 Å². The number of nitrogens with one attached hydrogen (secondary N) is 2. The van der Waals surface area contributed by atoms with Crippen LogP contribution in [0.1, 0.15) is 26.7 Å². The summed E-state index contributed by atoms with van der Waals surface area (Å²) in [5, 5.41) is 5.99. The fourth-order valence-corrected chi connectivity index (χ4v) is 0.876. The summed E-state index contributed by atoms with van der Waals surface area (Å²) in [4.78, 5) is 11.1. The molecule has 0 aromatic carbocycles. The monoisotopic (exact) mass is 184 g/mol. The van der Waals surface area contributed by atoms with Gasteiger partial charge in [0.2, 0.25) is 5.91 Å². The molecule has 3 heteroatoms. The third-order valence-corrected chi connectivity index (χ3v) is 1.58. The van der Waals surface area contributed by atoms with Gasteiger partial charge in [0.1, 0.15) is 0 Å². The molecule has 0 saturated carbocycles. The molecular weight excluding hydrogens is 164 g/mol. The Hall–Kier alpha value is -0.830. The Kier molecular flexibility index (Phi) is 7.30. The summed E-state index contributed by atoms with van der Waals surface area (Å²) < 4.78 is 0. The number of amides is 1. The molecule has 0 saturated heterocycles. The minimum Gasteiger partial charge on any atom is -0.356 e. The van der Waals surface area contributed by atoms with E-state index in [1.807, 2.05) is 0 Å². The van der Waals surface area contributed by atoms with Gasteiger partial charge in [0, 0.05) is 25.6 Å². The predicted octanol–water partition coefficient (Wildman–Crippen LogP) is 1.07. The normalized spacial score (nSPS) is 10.1. The van der Waals surface area contributed by atoms with Gasteiger partial charge in [-0.05, 0) is 6.42 Å². The van der Waals surface area contributed by atoms with Crippen molar-refractivity contribution in [3.8, 4) is 0 Å². The Balaban J connectivity index is 3.25. The molecule has 2 N–H and O–H groups in total. The van der Waals surface area contributed by atoms with E-state index in [-0.39, 0.29) is 5.91 Å². The van der Waals surface area contributed by atoms with E-state index >= 15 is 0 Å². The van der Waals surface area contributed by atoms with E-state index in [1.165, 1.54) is 0 Å². The van der Waals surface area contributed by atoms with Crippen LogP contribution in [0.2, 0.25) is 0 Å². The zero-order chi connectivity index (χ0) is 10.1. The maximum Gasteiger partial charge on any atom is 0.221 e. The summed E-state index contributed by atoms with van der Waals surface area (Å²) in [6.45, 7) is 9.16. The lowest BCUT2D eigenvalue weighted by Gasteiger charge is -2.07. The van der Waals surface area contributed by atoms with Gasteiger partial charge < -0.3 is 10.6 Å². The Morgan fingerprint density at radius 2 is 2.15 bits per heavy atom. The molecule has 0 aliphatic heterocycles. The lowest BCUT2D eigenvalue weighted by atomic mass is 10.3. The molecule has 13 heavy (non-hydrogen) atoms. The Morgan fingerprint density at radius 3 is 2.69 bits per heavy atom. The zero-order valence-electron chi connectivity index (χ0n) is 8.60. The van der Waals surface area contributed by atoms with Crippen LogP contribution in [-0.2, 0) is 4.79 Å². The maximum atomic E-state index is 11.1. The highest BCUT2D eigenvalue weighted by molar-refractivity contribution is 5.76. The van der Waals surface area contributed by atoms with Gasteiger partial charge in [-0.25, -0.2) is 0 Å².